The van der Waals surface area contributed by atoms with E-state index in [0.29, 0.717) is 6.04 Å². The second kappa shape index (κ2) is 5.96. The van der Waals surface area contributed by atoms with Gasteiger partial charge in [0.1, 0.15) is 5.82 Å². The fourth-order valence-electron chi connectivity index (χ4n) is 4.99. The molecule has 0 bridgehead atoms. The first kappa shape index (κ1) is 15.5. The zero-order chi connectivity index (χ0) is 17.8. The molecule has 1 fully saturated rings. The molecule has 1 unspecified atom stereocenters. The lowest BCUT2D eigenvalue weighted by atomic mass is 10.00. The minimum Gasteiger partial charge on any atom is -0.327 e. The highest BCUT2D eigenvalue weighted by molar-refractivity contribution is 5.83. The monoisotopic (exact) mass is 356 g/mol. The van der Waals surface area contributed by atoms with Crippen molar-refractivity contribution in [2.75, 3.05) is 13.1 Å². The quantitative estimate of drug-likeness (QED) is 0.506. The van der Waals surface area contributed by atoms with Gasteiger partial charge in [0.05, 0.1) is 11.0 Å². The molecule has 2 aliphatic rings. The zero-order valence-corrected chi connectivity index (χ0v) is 15.5. The van der Waals surface area contributed by atoms with Gasteiger partial charge in [-0.1, -0.05) is 18.6 Å². The van der Waals surface area contributed by atoms with Gasteiger partial charge >= 0.3 is 0 Å². The van der Waals surface area contributed by atoms with Crippen LogP contribution in [-0.2, 0) is 13.0 Å². The number of hydrogen-bond donors (Lipinski definition) is 0. The molecule has 0 N–H and O–H groups in total. The van der Waals surface area contributed by atoms with Crippen molar-refractivity contribution >= 4 is 16.6 Å². The summed E-state index contributed by atoms with van der Waals surface area (Å²) in [6.45, 7) is 3.49. The molecule has 1 aromatic carbocycles. The molecule has 1 atom stereocenters. The average Bonchev–Trinajstić information content (AvgIpc) is 3.25. The Labute approximate surface area is 159 Å². The van der Waals surface area contributed by atoms with Crippen LogP contribution in [0, 0.1) is 0 Å². The number of nitrogens with zero attached hydrogens (tertiary/aromatic N) is 4. The molecular weight excluding hydrogens is 332 g/mol. The minimum absolute atomic E-state index is 0.687. The number of pyridine rings is 1. The maximum absolute atomic E-state index is 5.07. The molecule has 136 valence electrons. The summed E-state index contributed by atoms with van der Waals surface area (Å²) in [5.41, 5.74) is 6.13. The Morgan fingerprint density at radius 1 is 0.926 bits per heavy atom. The molecule has 2 aliphatic heterocycles. The van der Waals surface area contributed by atoms with Crippen molar-refractivity contribution in [2.45, 2.75) is 38.3 Å². The van der Waals surface area contributed by atoms with Gasteiger partial charge in [0.15, 0.2) is 0 Å². The van der Waals surface area contributed by atoms with Gasteiger partial charge in [-0.05, 0) is 60.8 Å². The van der Waals surface area contributed by atoms with Gasteiger partial charge in [0.25, 0.3) is 0 Å². The lowest BCUT2D eigenvalue weighted by Crippen LogP contribution is -2.40. The Hall–Kier alpha value is -2.59. The molecule has 4 nitrogen and oxygen atoms in total. The van der Waals surface area contributed by atoms with Crippen LogP contribution in [0.15, 0.2) is 54.9 Å². The lowest BCUT2D eigenvalue weighted by Gasteiger charge is -2.33. The normalized spacial score (nSPS) is 20.5. The fourth-order valence-corrected chi connectivity index (χ4v) is 4.99. The Morgan fingerprint density at radius 3 is 2.89 bits per heavy atom. The molecule has 4 aromatic rings. The van der Waals surface area contributed by atoms with Crippen molar-refractivity contribution in [2.24, 2.45) is 0 Å². The van der Waals surface area contributed by atoms with Crippen molar-refractivity contribution in [1.29, 1.82) is 0 Å². The van der Waals surface area contributed by atoms with Crippen LogP contribution >= 0.6 is 0 Å². The Bertz CT molecular complexity index is 1140. The van der Waals surface area contributed by atoms with E-state index in [-0.39, 0.29) is 0 Å². The third kappa shape index (κ3) is 2.51. The second-order valence-electron chi connectivity index (χ2n) is 8.03. The van der Waals surface area contributed by atoms with Crippen LogP contribution in [0.2, 0.25) is 0 Å². The molecule has 1 saturated heterocycles. The van der Waals surface area contributed by atoms with Crippen molar-refractivity contribution in [3.8, 4) is 11.1 Å². The number of piperidine rings is 1. The van der Waals surface area contributed by atoms with Crippen molar-refractivity contribution in [1.82, 2.24) is 18.9 Å². The summed E-state index contributed by atoms with van der Waals surface area (Å²) in [4.78, 5) is 7.76. The summed E-state index contributed by atoms with van der Waals surface area (Å²) in [5.74, 6) is 1.28. The Morgan fingerprint density at radius 2 is 1.89 bits per heavy atom. The lowest BCUT2D eigenvalue weighted by molar-refractivity contribution is 0.152. The molecule has 0 amide bonds. The first-order valence-electron chi connectivity index (χ1n) is 10.2. The van der Waals surface area contributed by atoms with Gasteiger partial charge < -0.3 is 8.97 Å². The minimum atomic E-state index is 0.687. The molecule has 3 aromatic heterocycles. The van der Waals surface area contributed by atoms with Gasteiger partial charge in [0, 0.05) is 43.5 Å². The van der Waals surface area contributed by atoms with E-state index in [4.69, 9.17) is 4.98 Å². The number of fused-ring (bicyclic) bond motifs is 5. The van der Waals surface area contributed by atoms with Gasteiger partial charge in [-0.15, -0.1) is 0 Å². The highest BCUT2D eigenvalue weighted by atomic mass is 15.2. The topological polar surface area (TPSA) is 25.5 Å². The SMILES string of the molecule is c1cc2ccc(-c3ccc4c(c3)nc3n4CCN4CCCCC4C3)cn2c1. The van der Waals surface area contributed by atoms with Crippen LogP contribution in [0.5, 0.6) is 0 Å². The predicted octanol–water partition coefficient (Wildman–Crippen LogP) is 4.37. The summed E-state index contributed by atoms with van der Waals surface area (Å²) < 4.78 is 4.64. The number of benzene rings is 1. The van der Waals surface area contributed by atoms with E-state index in [1.54, 1.807) is 0 Å². The average molecular weight is 356 g/mol. The third-order valence-corrected chi connectivity index (χ3v) is 6.46. The maximum atomic E-state index is 5.07. The van der Waals surface area contributed by atoms with Gasteiger partial charge in [-0.3, -0.25) is 4.90 Å². The molecule has 0 radical (unpaired) electrons. The first-order valence-corrected chi connectivity index (χ1v) is 10.2. The van der Waals surface area contributed by atoms with Crippen molar-refractivity contribution in [3.63, 3.8) is 0 Å². The zero-order valence-electron chi connectivity index (χ0n) is 15.5. The molecule has 0 saturated carbocycles. The maximum Gasteiger partial charge on any atom is 0.111 e. The summed E-state index contributed by atoms with van der Waals surface area (Å²) in [7, 11) is 0. The van der Waals surface area contributed by atoms with Crippen molar-refractivity contribution in [3.05, 3.63) is 60.7 Å². The molecular formula is C23H24N4. The van der Waals surface area contributed by atoms with E-state index < -0.39 is 0 Å². The second-order valence-corrected chi connectivity index (χ2v) is 8.03. The van der Waals surface area contributed by atoms with Crippen molar-refractivity contribution < 1.29 is 0 Å². The number of hydrogen-bond acceptors (Lipinski definition) is 2. The van der Waals surface area contributed by atoms with E-state index in [9.17, 15) is 0 Å². The van der Waals surface area contributed by atoms with E-state index >= 15 is 0 Å². The van der Waals surface area contributed by atoms with Gasteiger partial charge in [0.2, 0.25) is 0 Å². The smallest absolute Gasteiger partial charge is 0.111 e. The van der Waals surface area contributed by atoms with Crippen LogP contribution in [0.1, 0.15) is 25.1 Å². The number of imidazole rings is 1. The van der Waals surface area contributed by atoms with Gasteiger partial charge in [-0.25, -0.2) is 4.98 Å². The summed E-state index contributed by atoms with van der Waals surface area (Å²) in [5, 5.41) is 0. The Kier molecular flexibility index (Phi) is 3.41. The standard InChI is InChI=1S/C23H24N4/c1-2-10-25-12-13-27-22-9-7-17(14-21(22)24-23(27)15-20(25)4-1)18-6-8-19-5-3-11-26(19)16-18/h3,5-9,11,14,16,20H,1-2,4,10,12-13,15H2. The highest BCUT2D eigenvalue weighted by Crippen LogP contribution is 2.29. The fraction of sp³-hybridized carbons (Fsp3) is 0.348. The van der Waals surface area contributed by atoms with E-state index in [1.165, 1.54) is 53.8 Å². The van der Waals surface area contributed by atoms with Crippen LogP contribution in [0.3, 0.4) is 0 Å². The Balaban J connectivity index is 1.41. The number of aromatic nitrogens is 3. The van der Waals surface area contributed by atoms with Crippen LogP contribution in [-0.4, -0.2) is 38.0 Å². The van der Waals surface area contributed by atoms with E-state index in [2.05, 4.69) is 68.7 Å². The van der Waals surface area contributed by atoms with Gasteiger partial charge in [-0.2, -0.15) is 0 Å². The first-order chi connectivity index (χ1) is 13.3. The largest absolute Gasteiger partial charge is 0.327 e. The highest BCUT2D eigenvalue weighted by Gasteiger charge is 2.27. The summed E-state index contributed by atoms with van der Waals surface area (Å²) in [6, 6.07) is 16.1. The molecule has 6 rings (SSSR count). The van der Waals surface area contributed by atoms with E-state index in [1.807, 2.05) is 0 Å². The summed E-state index contributed by atoms with van der Waals surface area (Å²) in [6.07, 6.45) is 9.45. The van der Waals surface area contributed by atoms with Crippen LogP contribution in [0.25, 0.3) is 27.7 Å². The molecule has 0 aliphatic carbocycles. The molecule has 4 heteroatoms. The van der Waals surface area contributed by atoms with Crippen LogP contribution in [0.4, 0.5) is 0 Å². The predicted molar refractivity (Wildman–Crippen MR) is 109 cm³/mol. The number of rotatable bonds is 1. The molecule has 5 heterocycles. The third-order valence-electron chi connectivity index (χ3n) is 6.46. The molecule has 0 spiro atoms. The van der Waals surface area contributed by atoms with E-state index in [0.717, 1.165) is 25.0 Å². The summed E-state index contributed by atoms with van der Waals surface area (Å²) >= 11 is 0. The van der Waals surface area contributed by atoms with Crippen LogP contribution < -0.4 is 0 Å². The molecule has 27 heavy (non-hydrogen) atoms.